The van der Waals surface area contributed by atoms with Crippen LogP contribution in [0.5, 0.6) is 0 Å². The van der Waals surface area contributed by atoms with E-state index in [1.165, 1.54) is 32.1 Å². The zero-order valence-corrected chi connectivity index (χ0v) is 11.4. The van der Waals surface area contributed by atoms with Crippen LogP contribution in [-0.2, 0) is 12.4 Å². The third kappa shape index (κ3) is 2.97. The van der Waals surface area contributed by atoms with Crippen molar-refractivity contribution >= 4 is 11.6 Å². The summed E-state index contributed by atoms with van der Waals surface area (Å²) in [6.07, 6.45) is 6.53. The highest BCUT2D eigenvalue weighted by molar-refractivity contribution is 6.16. The Hall–Kier alpha value is -0.640. The van der Waals surface area contributed by atoms with E-state index in [2.05, 4.69) is 29.4 Å². The van der Waals surface area contributed by atoms with E-state index in [4.69, 9.17) is 11.6 Å². The van der Waals surface area contributed by atoms with Crippen LogP contribution in [0.1, 0.15) is 51.8 Å². The van der Waals surface area contributed by atoms with Crippen LogP contribution >= 0.6 is 11.6 Å². The minimum atomic E-state index is 0.393. The van der Waals surface area contributed by atoms with Gasteiger partial charge in [0.1, 0.15) is 0 Å². The van der Waals surface area contributed by atoms with Crippen LogP contribution in [0, 0.1) is 11.3 Å². The second-order valence-corrected chi connectivity index (χ2v) is 5.96. The molecule has 1 aromatic heterocycles. The highest BCUT2D eigenvalue weighted by atomic mass is 35.5. The first-order valence-electron chi connectivity index (χ1n) is 6.46. The molecule has 0 radical (unpaired) electrons. The summed E-state index contributed by atoms with van der Waals surface area (Å²) in [4.78, 5) is 0. The van der Waals surface area contributed by atoms with Crippen LogP contribution < -0.4 is 0 Å². The topological polar surface area (TPSA) is 43.6 Å². The zero-order chi connectivity index (χ0) is 12.3. The lowest BCUT2D eigenvalue weighted by molar-refractivity contribution is 0.185. The number of halogens is 1. The Balaban J connectivity index is 2.12. The summed E-state index contributed by atoms with van der Waals surface area (Å²) in [6.45, 7) is 5.52. The van der Waals surface area contributed by atoms with E-state index in [0.717, 1.165) is 18.3 Å². The first-order valence-corrected chi connectivity index (χ1v) is 7.00. The van der Waals surface area contributed by atoms with Crippen LogP contribution in [0.15, 0.2) is 0 Å². The van der Waals surface area contributed by atoms with Gasteiger partial charge in [-0.1, -0.05) is 26.7 Å². The van der Waals surface area contributed by atoms with Gasteiger partial charge in [-0.25, -0.2) is 4.68 Å². The summed E-state index contributed by atoms with van der Waals surface area (Å²) in [6, 6.07) is 0. The van der Waals surface area contributed by atoms with Crippen LogP contribution in [-0.4, -0.2) is 20.2 Å². The average Bonchev–Trinajstić information content (AvgIpc) is 2.87. The maximum absolute atomic E-state index is 5.85. The molecular formula is C12H21ClN4. The molecule has 0 unspecified atom stereocenters. The third-order valence-electron chi connectivity index (χ3n) is 3.72. The van der Waals surface area contributed by atoms with Crippen LogP contribution in [0.25, 0.3) is 0 Å². The molecule has 1 aliphatic rings. The Bertz CT molecular complexity index is 355. The van der Waals surface area contributed by atoms with Crippen LogP contribution in [0.2, 0.25) is 0 Å². The van der Waals surface area contributed by atoms with E-state index in [1.807, 2.05) is 4.68 Å². The smallest absolute Gasteiger partial charge is 0.166 e. The minimum Gasteiger partial charge on any atom is -0.228 e. The number of alkyl halides is 1. The maximum Gasteiger partial charge on any atom is 0.166 e. The lowest BCUT2D eigenvalue weighted by Gasteiger charge is -2.30. The summed E-state index contributed by atoms with van der Waals surface area (Å²) in [7, 11) is 0. The van der Waals surface area contributed by atoms with Crippen LogP contribution in [0.4, 0.5) is 0 Å². The molecule has 2 rings (SSSR count). The van der Waals surface area contributed by atoms with Crippen molar-refractivity contribution in [3.05, 3.63) is 5.82 Å². The molecule has 1 aliphatic carbocycles. The van der Waals surface area contributed by atoms with Crippen molar-refractivity contribution < 1.29 is 0 Å². The van der Waals surface area contributed by atoms with Gasteiger partial charge in [-0.2, -0.15) is 0 Å². The van der Waals surface area contributed by atoms with Gasteiger partial charge >= 0.3 is 0 Å². The molecule has 1 fully saturated rings. The number of hydrogen-bond donors (Lipinski definition) is 0. The molecular weight excluding hydrogens is 236 g/mol. The predicted octanol–water partition coefficient (Wildman–Crippen LogP) is 3.02. The Labute approximate surface area is 108 Å². The van der Waals surface area contributed by atoms with E-state index in [1.54, 1.807) is 0 Å². The molecule has 0 bridgehead atoms. The Morgan fingerprint density at radius 3 is 2.65 bits per heavy atom. The zero-order valence-electron chi connectivity index (χ0n) is 10.7. The van der Waals surface area contributed by atoms with Gasteiger partial charge in [-0.15, -0.1) is 16.7 Å². The second-order valence-electron chi connectivity index (χ2n) is 5.69. The molecule has 0 amide bonds. The van der Waals surface area contributed by atoms with E-state index in [0.29, 0.717) is 11.3 Å². The quantitative estimate of drug-likeness (QED) is 0.761. The molecule has 4 nitrogen and oxygen atoms in total. The summed E-state index contributed by atoms with van der Waals surface area (Å²) >= 11 is 5.85. The number of hydrogen-bond acceptors (Lipinski definition) is 3. The highest BCUT2D eigenvalue weighted by Gasteiger charge is 2.35. The second kappa shape index (κ2) is 5.34. The lowest BCUT2D eigenvalue weighted by atomic mass is 9.78. The number of nitrogens with zero attached hydrogens (tertiary/aromatic N) is 4. The summed E-state index contributed by atoms with van der Waals surface area (Å²) < 4.78 is 1.90. The van der Waals surface area contributed by atoms with Crippen molar-refractivity contribution in [2.45, 2.75) is 58.4 Å². The molecule has 5 heteroatoms. The molecule has 0 spiro atoms. The van der Waals surface area contributed by atoms with E-state index in [9.17, 15) is 0 Å². The average molecular weight is 257 g/mol. The van der Waals surface area contributed by atoms with Crippen molar-refractivity contribution in [3.63, 3.8) is 0 Å². The van der Waals surface area contributed by atoms with E-state index in [-0.39, 0.29) is 0 Å². The molecule has 17 heavy (non-hydrogen) atoms. The number of tetrazole rings is 1. The fraction of sp³-hybridized carbons (Fsp3) is 0.917. The first kappa shape index (κ1) is 12.8. The fourth-order valence-electron chi connectivity index (χ4n) is 3.18. The normalized spacial score (nSPS) is 19.1. The van der Waals surface area contributed by atoms with Crippen molar-refractivity contribution in [3.8, 4) is 0 Å². The molecule has 1 heterocycles. The van der Waals surface area contributed by atoms with Gasteiger partial charge in [0.15, 0.2) is 5.82 Å². The van der Waals surface area contributed by atoms with Gasteiger partial charge in [0.2, 0.25) is 0 Å². The van der Waals surface area contributed by atoms with Crippen molar-refractivity contribution in [1.29, 1.82) is 0 Å². The van der Waals surface area contributed by atoms with Gasteiger partial charge in [-0.3, -0.25) is 0 Å². The Morgan fingerprint density at radius 2 is 2.06 bits per heavy atom. The summed E-state index contributed by atoms with van der Waals surface area (Å²) in [5.41, 5.74) is 0.393. The van der Waals surface area contributed by atoms with Gasteiger partial charge in [0, 0.05) is 0 Å². The predicted molar refractivity (Wildman–Crippen MR) is 67.7 cm³/mol. The molecule has 0 saturated heterocycles. The lowest BCUT2D eigenvalue weighted by Crippen LogP contribution is -2.27. The molecule has 1 saturated carbocycles. The monoisotopic (exact) mass is 256 g/mol. The molecule has 0 atom stereocenters. The Morgan fingerprint density at radius 1 is 1.35 bits per heavy atom. The molecule has 96 valence electrons. The molecule has 0 aromatic carbocycles. The van der Waals surface area contributed by atoms with Gasteiger partial charge in [-0.05, 0) is 41.0 Å². The Kier molecular flexibility index (Phi) is 4.02. The SMILES string of the molecule is CC(C)CC1(Cn2nnnc2CCl)CCCC1. The molecule has 0 N–H and O–H groups in total. The van der Waals surface area contributed by atoms with Crippen molar-refractivity contribution in [2.24, 2.45) is 11.3 Å². The largest absolute Gasteiger partial charge is 0.228 e. The van der Waals surface area contributed by atoms with Crippen molar-refractivity contribution in [1.82, 2.24) is 20.2 Å². The summed E-state index contributed by atoms with van der Waals surface area (Å²) in [5, 5.41) is 11.8. The number of rotatable bonds is 5. The maximum atomic E-state index is 5.85. The first-order chi connectivity index (χ1) is 8.15. The fourth-order valence-corrected chi connectivity index (χ4v) is 3.37. The van der Waals surface area contributed by atoms with Crippen LogP contribution in [0.3, 0.4) is 0 Å². The van der Waals surface area contributed by atoms with Crippen molar-refractivity contribution in [2.75, 3.05) is 0 Å². The standard InChI is InChI=1S/C12H21ClN4/c1-10(2)7-12(5-3-4-6-12)9-17-11(8-13)14-15-16-17/h10H,3-9H2,1-2H3. The molecule has 1 aromatic rings. The van der Waals surface area contributed by atoms with E-state index < -0.39 is 0 Å². The van der Waals surface area contributed by atoms with Gasteiger partial charge in [0.25, 0.3) is 0 Å². The number of aromatic nitrogens is 4. The van der Waals surface area contributed by atoms with Gasteiger partial charge in [0.05, 0.1) is 12.4 Å². The van der Waals surface area contributed by atoms with E-state index >= 15 is 0 Å². The molecule has 0 aliphatic heterocycles. The van der Waals surface area contributed by atoms with Gasteiger partial charge < -0.3 is 0 Å². The minimum absolute atomic E-state index is 0.393. The third-order valence-corrected chi connectivity index (χ3v) is 3.96. The summed E-state index contributed by atoms with van der Waals surface area (Å²) in [5.74, 6) is 1.91. The highest BCUT2D eigenvalue weighted by Crippen LogP contribution is 2.44.